The molecule has 0 aliphatic carbocycles. The summed E-state index contributed by atoms with van der Waals surface area (Å²) in [5.74, 6) is 0.153. The highest BCUT2D eigenvalue weighted by Crippen LogP contribution is 2.26. The second kappa shape index (κ2) is 4.64. The van der Waals surface area contributed by atoms with E-state index in [-0.39, 0.29) is 11.8 Å². The molecule has 1 fully saturated rings. The lowest BCUT2D eigenvalue weighted by Crippen LogP contribution is -2.31. The fourth-order valence-corrected chi connectivity index (χ4v) is 3.48. The van der Waals surface area contributed by atoms with E-state index in [1.165, 1.54) is 0 Å². The quantitative estimate of drug-likeness (QED) is 0.673. The molecular weight excluding hydrogens is 238 g/mol. The molecule has 1 saturated heterocycles. The summed E-state index contributed by atoms with van der Waals surface area (Å²) in [6.07, 6.45) is 0. The van der Waals surface area contributed by atoms with E-state index in [9.17, 15) is 8.42 Å². The Hall–Kier alpha value is -1.11. The van der Waals surface area contributed by atoms with Crippen molar-refractivity contribution in [1.29, 1.82) is 0 Å². The number of hydrazine groups is 1. The highest BCUT2D eigenvalue weighted by atomic mass is 32.2. The zero-order valence-electron chi connectivity index (χ0n) is 9.68. The minimum atomic E-state index is -3.07. The molecule has 2 unspecified atom stereocenters. The Kier molecular flexibility index (Phi) is 3.37. The number of nitrogens with one attached hydrogen (secondary N) is 2. The van der Waals surface area contributed by atoms with E-state index >= 15 is 0 Å². The minimum absolute atomic E-state index is 0.153. The molecule has 1 heterocycles. The van der Waals surface area contributed by atoms with Crippen molar-refractivity contribution in [2.45, 2.75) is 18.2 Å². The maximum Gasteiger partial charge on any atom is 0.156 e. The maximum absolute atomic E-state index is 12.0. The van der Waals surface area contributed by atoms with Gasteiger partial charge in [0.05, 0.1) is 11.3 Å². The number of benzene rings is 1. The van der Waals surface area contributed by atoms with Crippen molar-refractivity contribution >= 4 is 15.5 Å². The van der Waals surface area contributed by atoms with Gasteiger partial charge in [0.15, 0.2) is 9.84 Å². The smallest absolute Gasteiger partial charge is 0.156 e. The molecular formula is C11H17N3O2S. The van der Waals surface area contributed by atoms with Gasteiger partial charge in [-0.25, -0.2) is 13.8 Å². The largest absolute Gasteiger partial charge is 0.399 e. The molecule has 0 spiro atoms. The van der Waals surface area contributed by atoms with Crippen LogP contribution in [-0.2, 0) is 9.84 Å². The Labute approximate surface area is 101 Å². The molecule has 0 amide bonds. The summed E-state index contributed by atoms with van der Waals surface area (Å²) in [4.78, 5) is 0. The van der Waals surface area contributed by atoms with Gasteiger partial charge in [-0.3, -0.25) is 5.43 Å². The van der Waals surface area contributed by atoms with Crippen molar-refractivity contribution in [2.75, 3.05) is 18.0 Å². The number of hydrogen-bond acceptors (Lipinski definition) is 5. The van der Waals surface area contributed by atoms with Gasteiger partial charge in [-0.05, 0) is 17.7 Å². The number of rotatable bonds is 3. The maximum atomic E-state index is 12.0. The van der Waals surface area contributed by atoms with E-state index in [0.717, 1.165) is 5.56 Å². The lowest BCUT2D eigenvalue weighted by molar-refractivity contribution is 0.554. The normalized spacial score (nSPS) is 25.0. The Morgan fingerprint density at radius 3 is 2.88 bits per heavy atom. The first kappa shape index (κ1) is 12.3. The number of nitrogen functional groups attached to an aromatic ring is 1. The number of nitrogens with two attached hydrogens (primary N) is 1. The Morgan fingerprint density at radius 1 is 1.47 bits per heavy atom. The van der Waals surface area contributed by atoms with Crippen molar-refractivity contribution in [1.82, 2.24) is 10.9 Å². The summed E-state index contributed by atoms with van der Waals surface area (Å²) in [7, 11) is -3.07. The fourth-order valence-electron chi connectivity index (χ4n) is 2.08. The van der Waals surface area contributed by atoms with E-state index in [2.05, 4.69) is 10.9 Å². The topological polar surface area (TPSA) is 84.2 Å². The van der Waals surface area contributed by atoms with Crippen molar-refractivity contribution < 1.29 is 8.42 Å². The third-order valence-corrected chi connectivity index (χ3v) is 5.23. The minimum Gasteiger partial charge on any atom is -0.399 e. The van der Waals surface area contributed by atoms with Crippen LogP contribution in [0.5, 0.6) is 0 Å². The predicted octanol–water partition coefficient (Wildman–Crippen LogP) is 0.221. The monoisotopic (exact) mass is 255 g/mol. The molecule has 2 atom stereocenters. The molecule has 1 aromatic rings. The second-order valence-corrected chi connectivity index (χ2v) is 6.67. The van der Waals surface area contributed by atoms with Crippen LogP contribution >= 0.6 is 0 Å². The highest BCUT2D eigenvalue weighted by molar-refractivity contribution is 7.92. The summed E-state index contributed by atoms with van der Waals surface area (Å²) < 4.78 is 23.9. The molecule has 1 aliphatic rings. The number of hydrogen-bond donors (Lipinski definition) is 3. The number of anilines is 1. The molecule has 0 aromatic heterocycles. The van der Waals surface area contributed by atoms with Crippen LogP contribution in [-0.4, -0.2) is 26.0 Å². The van der Waals surface area contributed by atoms with Crippen LogP contribution in [0.3, 0.4) is 0 Å². The van der Waals surface area contributed by atoms with Crippen LogP contribution in [0.4, 0.5) is 5.69 Å². The van der Waals surface area contributed by atoms with Crippen LogP contribution in [0.1, 0.15) is 18.5 Å². The molecule has 4 N–H and O–H groups in total. The average molecular weight is 255 g/mol. The van der Waals surface area contributed by atoms with Crippen LogP contribution in [0.2, 0.25) is 0 Å². The van der Waals surface area contributed by atoms with Crippen molar-refractivity contribution in [3.63, 3.8) is 0 Å². The lowest BCUT2D eigenvalue weighted by Gasteiger charge is -2.18. The van der Waals surface area contributed by atoms with E-state index in [1.807, 2.05) is 18.2 Å². The third-order valence-electron chi connectivity index (χ3n) is 3.07. The SMILES string of the molecule is CCS(=O)(=O)C1CNNC1c1cccc(N)c1. The third kappa shape index (κ3) is 2.43. The number of sulfone groups is 1. The zero-order chi connectivity index (χ0) is 12.5. The van der Waals surface area contributed by atoms with Gasteiger partial charge in [-0.15, -0.1) is 0 Å². The summed E-state index contributed by atoms with van der Waals surface area (Å²) in [6, 6.07) is 7.08. The molecule has 0 bridgehead atoms. The zero-order valence-corrected chi connectivity index (χ0v) is 10.5. The molecule has 2 rings (SSSR count). The first-order chi connectivity index (χ1) is 8.04. The van der Waals surface area contributed by atoms with Gasteiger partial charge in [0.2, 0.25) is 0 Å². The van der Waals surface area contributed by atoms with Gasteiger partial charge < -0.3 is 5.73 Å². The van der Waals surface area contributed by atoms with E-state index < -0.39 is 15.1 Å². The molecule has 0 saturated carbocycles. The van der Waals surface area contributed by atoms with Crippen LogP contribution in [0.15, 0.2) is 24.3 Å². The van der Waals surface area contributed by atoms with Crippen molar-refractivity contribution in [3.05, 3.63) is 29.8 Å². The lowest BCUT2D eigenvalue weighted by atomic mass is 10.0. The van der Waals surface area contributed by atoms with Gasteiger partial charge in [0.1, 0.15) is 0 Å². The first-order valence-electron chi connectivity index (χ1n) is 5.60. The standard InChI is InChI=1S/C11H17N3O2S/c1-2-17(15,16)10-7-13-14-11(10)8-4-3-5-9(12)6-8/h3-6,10-11,13-14H,2,7,12H2,1H3. The predicted molar refractivity (Wildman–Crippen MR) is 68.0 cm³/mol. The summed E-state index contributed by atoms with van der Waals surface area (Å²) in [5.41, 5.74) is 13.2. The summed E-state index contributed by atoms with van der Waals surface area (Å²) >= 11 is 0. The molecule has 0 radical (unpaired) electrons. The molecule has 1 aromatic carbocycles. The molecule has 17 heavy (non-hydrogen) atoms. The summed E-state index contributed by atoms with van der Waals surface area (Å²) in [6.45, 7) is 2.10. The first-order valence-corrected chi connectivity index (χ1v) is 7.31. The Morgan fingerprint density at radius 2 is 2.24 bits per heavy atom. The van der Waals surface area contributed by atoms with Gasteiger partial charge in [-0.1, -0.05) is 19.1 Å². The van der Waals surface area contributed by atoms with Crippen LogP contribution < -0.4 is 16.6 Å². The molecule has 6 heteroatoms. The summed E-state index contributed by atoms with van der Waals surface area (Å²) in [5, 5.41) is -0.436. The molecule has 1 aliphatic heterocycles. The Bertz CT molecular complexity index is 501. The van der Waals surface area contributed by atoms with Gasteiger partial charge in [0, 0.05) is 18.0 Å². The molecule has 94 valence electrons. The Balaban J connectivity index is 2.32. The van der Waals surface area contributed by atoms with E-state index in [4.69, 9.17) is 5.73 Å². The highest BCUT2D eigenvalue weighted by Gasteiger charge is 2.37. The van der Waals surface area contributed by atoms with Crippen LogP contribution in [0.25, 0.3) is 0 Å². The van der Waals surface area contributed by atoms with E-state index in [1.54, 1.807) is 13.0 Å². The van der Waals surface area contributed by atoms with Crippen molar-refractivity contribution in [2.24, 2.45) is 0 Å². The average Bonchev–Trinajstić information content (AvgIpc) is 2.78. The van der Waals surface area contributed by atoms with Gasteiger partial charge >= 0.3 is 0 Å². The van der Waals surface area contributed by atoms with Gasteiger partial charge in [0.25, 0.3) is 0 Å². The van der Waals surface area contributed by atoms with Crippen LogP contribution in [0, 0.1) is 0 Å². The second-order valence-electron chi connectivity index (χ2n) is 4.16. The van der Waals surface area contributed by atoms with Gasteiger partial charge in [-0.2, -0.15) is 0 Å². The fraction of sp³-hybridized carbons (Fsp3) is 0.455. The van der Waals surface area contributed by atoms with Crippen molar-refractivity contribution in [3.8, 4) is 0 Å². The van der Waals surface area contributed by atoms with E-state index in [0.29, 0.717) is 12.2 Å². The molecule has 5 nitrogen and oxygen atoms in total.